The molecule has 0 aliphatic carbocycles. The van der Waals surface area contributed by atoms with E-state index in [0.29, 0.717) is 23.3 Å². The van der Waals surface area contributed by atoms with Crippen molar-refractivity contribution >= 4 is 21.8 Å². The molecule has 0 N–H and O–H groups in total. The predicted molar refractivity (Wildman–Crippen MR) is 197 cm³/mol. The Kier molecular flexibility index (Phi) is 9.69. The zero-order valence-electron chi connectivity index (χ0n) is 29.4. The molecule has 3 aromatic heterocycles. The van der Waals surface area contributed by atoms with Gasteiger partial charge in [-0.1, -0.05) is 82.6 Å². The van der Waals surface area contributed by atoms with Crippen LogP contribution in [0, 0.1) is 38.8 Å². The van der Waals surface area contributed by atoms with Gasteiger partial charge in [-0.25, -0.2) is 4.98 Å². The maximum atomic E-state index is 6.62. The molecular formula is C43H42N4OPt. The summed E-state index contributed by atoms with van der Waals surface area (Å²) in [5.41, 5.74) is 10.9. The molecule has 3 heterocycles. The number of rotatable bonds is 8. The number of aryl methyl sites for hydroxylation is 2. The average Bonchev–Trinajstić information content (AvgIpc) is 3.56. The Morgan fingerprint density at radius 1 is 0.735 bits per heavy atom. The summed E-state index contributed by atoms with van der Waals surface area (Å²) in [5, 5.41) is 7.28. The number of pyridine rings is 1. The van der Waals surface area contributed by atoms with Crippen LogP contribution in [0.2, 0.25) is 0 Å². The number of benzene rings is 4. The molecule has 0 aliphatic rings. The second-order valence-electron chi connectivity index (χ2n) is 13.7. The van der Waals surface area contributed by atoms with E-state index in [2.05, 4.69) is 139 Å². The van der Waals surface area contributed by atoms with Crippen molar-refractivity contribution in [3.8, 4) is 34.1 Å². The van der Waals surface area contributed by atoms with Gasteiger partial charge in [-0.15, -0.1) is 41.3 Å². The van der Waals surface area contributed by atoms with E-state index in [-0.39, 0.29) is 27.0 Å². The third-order valence-corrected chi connectivity index (χ3v) is 9.65. The van der Waals surface area contributed by atoms with Gasteiger partial charge >= 0.3 is 21.1 Å². The van der Waals surface area contributed by atoms with Gasteiger partial charge in [0.1, 0.15) is 5.82 Å². The van der Waals surface area contributed by atoms with Crippen molar-refractivity contribution in [2.45, 2.75) is 67.2 Å². The summed E-state index contributed by atoms with van der Waals surface area (Å²) in [6.07, 6.45) is 1.87. The molecule has 4 aromatic carbocycles. The first-order valence-corrected chi connectivity index (χ1v) is 16.9. The van der Waals surface area contributed by atoms with Gasteiger partial charge in [-0.3, -0.25) is 4.68 Å². The summed E-state index contributed by atoms with van der Waals surface area (Å²) in [6.45, 7) is 17.5. The molecule has 1 atom stereocenters. The molecule has 0 spiro atoms. The van der Waals surface area contributed by atoms with Gasteiger partial charge in [0.2, 0.25) is 0 Å². The molecule has 0 saturated carbocycles. The SMILES string of the molecule is Cc1ccnc(-n2c3[c-]c(Oc4[c-]c(-n5nc(C)c(-c6ccccc6)c5C)cc(C(C)C)c4)ccc3c3cc(C(C)C(C)C)ccc32)c1.[Pt+2]. The molecule has 7 rings (SSSR count). The summed E-state index contributed by atoms with van der Waals surface area (Å²) >= 11 is 0. The predicted octanol–water partition coefficient (Wildman–Crippen LogP) is 11.2. The Morgan fingerprint density at radius 3 is 2.22 bits per heavy atom. The van der Waals surface area contributed by atoms with Crippen molar-refractivity contribution in [1.82, 2.24) is 19.3 Å². The molecule has 0 saturated heterocycles. The molecule has 49 heavy (non-hydrogen) atoms. The van der Waals surface area contributed by atoms with E-state index in [1.165, 1.54) is 10.9 Å². The number of fused-ring (bicyclic) bond motifs is 3. The van der Waals surface area contributed by atoms with Gasteiger partial charge in [0, 0.05) is 34.5 Å². The van der Waals surface area contributed by atoms with Crippen LogP contribution in [0.4, 0.5) is 0 Å². The van der Waals surface area contributed by atoms with Crippen molar-refractivity contribution in [1.29, 1.82) is 0 Å². The van der Waals surface area contributed by atoms with Crippen molar-refractivity contribution in [3.05, 3.63) is 131 Å². The second-order valence-corrected chi connectivity index (χ2v) is 13.7. The quantitative estimate of drug-likeness (QED) is 0.143. The minimum absolute atomic E-state index is 0. The Morgan fingerprint density at radius 2 is 1.51 bits per heavy atom. The zero-order chi connectivity index (χ0) is 33.7. The average molecular weight is 826 g/mol. The minimum atomic E-state index is 0. The van der Waals surface area contributed by atoms with Crippen molar-refractivity contribution in [2.75, 3.05) is 0 Å². The summed E-state index contributed by atoms with van der Waals surface area (Å²) in [6, 6.07) is 37.0. The fourth-order valence-electron chi connectivity index (χ4n) is 6.62. The van der Waals surface area contributed by atoms with Gasteiger partial charge in [0.25, 0.3) is 0 Å². The molecule has 0 fully saturated rings. The third-order valence-electron chi connectivity index (χ3n) is 9.65. The van der Waals surface area contributed by atoms with Crippen LogP contribution < -0.4 is 4.74 Å². The maximum absolute atomic E-state index is 6.62. The second kappa shape index (κ2) is 13.8. The largest absolute Gasteiger partial charge is 2.00 e. The number of hydrogen-bond donors (Lipinski definition) is 0. The molecule has 0 amide bonds. The van der Waals surface area contributed by atoms with E-state index in [1.807, 2.05) is 29.1 Å². The monoisotopic (exact) mass is 825 g/mol. The van der Waals surface area contributed by atoms with E-state index < -0.39 is 0 Å². The molecule has 7 aromatic rings. The molecule has 0 radical (unpaired) electrons. The first-order valence-electron chi connectivity index (χ1n) is 16.9. The summed E-state index contributed by atoms with van der Waals surface area (Å²) in [7, 11) is 0. The van der Waals surface area contributed by atoms with E-state index in [0.717, 1.165) is 61.6 Å². The Balaban J connectivity index is 0.00000417. The summed E-state index contributed by atoms with van der Waals surface area (Å²) in [5.74, 6) is 3.39. The van der Waals surface area contributed by atoms with Gasteiger partial charge in [0.15, 0.2) is 0 Å². The van der Waals surface area contributed by atoms with Crippen molar-refractivity contribution < 1.29 is 25.8 Å². The molecule has 5 nitrogen and oxygen atoms in total. The topological polar surface area (TPSA) is 44.9 Å². The first kappa shape index (κ1) is 34.4. The summed E-state index contributed by atoms with van der Waals surface area (Å²) in [4.78, 5) is 4.78. The van der Waals surface area contributed by atoms with Crippen LogP contribution in [0.1, 0.15) is 74.5 Å². The van der Waals surface area contributed by atoms with E-state index in [1.54, 1.807) is 0 Å². The minimum Gasteiger partial charge on any atom is -0.509 e. The number of ether oxygens (including phenoxy) is 1. The standard InChI is InChI=1S/C43H42N4O.Pt/c1-26(2)29(6)33-14-17-40-39(23-33)38-16-15-36(25-41(38)46(40)42-20-28(5)18-19-44-42)48-37-22-34(27(3)4)21-35(24-37)47-31(8)43(30(7)45-47)32-12-10-9-11-13-32;/h9-23,26-27,29H,1-8H3;/q-2;+2. The number of hydrogen-bond acceptors (Lipinski definition) is 3. The Labute approximate surface area is 304 Å². The number of aromatic nitrogens is 4. The van der Waals surface area contributed by atoms with Crippen LogP contribution >= 0.6 is 0 Å². The van der Waals surface area contributed by atoms with E-state index in [4.69, 9.17) is 14.8 Å². The molecule has 0 bridgehead atoms. The Hall–Kier alpha value is -4.47. The van der Waals surface area contributed by atoms with Crippen LogP contribution in [0.3, 0.4) is 0 Å². The first-order chi connectivity index (χ1) is 23.1. The molecule has 250 valence electrons. The molecular weight excluding hydrogens is 784 g/mol. The molecule has 1 unspecified atom stereocenters. The molecule has 0 aliphatic heterocycles. The smallest absolute Gasteiger partial charge is 0.509 e. The van der Waals surface area contributed by atoms with Gasteiger partial charge in [0.05, 0.1) is 5.69 Å². The van der Waals surface area contributed by atoms with E-state index in [9.17, 15) is 0 Å². The van der Waals surface area contributed by atoms with Gasteiger partial charge in [-0.2, -0.15) is 11.2 Å². The van der Waals surface area contributed by atoms with Crippen molar-refractivity contribution in [2.24, 2.45) is 5.92 Å². The van der Waals surface area contributed by atoms with Crippen LogP contribution in [-0.4, -0.2) is 19.3 Å². The fraction of sp³-hybridized carbons (Fsp3) is 0.256. The molecule has 6 heteroatoms. The fourth-order valence-corrected chi connectivity index (χ4v) is 6.62. The maximum Gasteiger partial charge on any atom is 2.00 e. The normalized spacial score (nSPS) is 12.2. The third kappa shape index (κ3) is 6.49. The zero-order valence-corrected chi connectivity index (χ0v) is 31.7. The van der Waals surface area contributed by atoms with Crippen LogP contribution in [-0.2, 0) is 21.1 Å². The van der Waals surface area contributed by atoms with Crippen LogP contribution in [0.15, 0.2) is 91.1 Å². The van der Waals surface area contributed by atoms with Crippen LogP contribution in [0.25, 0.3) is 44.4 Å². The van der Waals surface area contributed by atoms with Crippen molar-refractivity contribution in [3.63, 3.8) is 0 Å². The number of nitrogens with zero attached hydrogens (tertiary/aromatic N) is 4. The Bertz CT molecular complexity index is 2280. The van der Waals surface area contributed by atoms with Gasteiger partial charge in [-0.05, 0) is 84.5 Å². The van der Waals surface area contributed by atoms with Gasteiger partial charge < -0.3 is 9.30 Å². The van der Waals surface area contributed by atoms with Crippen LogP contribution in [0.5, 0.6) is 11.5 Å². The summed E-state index contributed by atoms with van der Waals surface area (Å²) < 4.78 is 10.8. The van der Waals surface area contributed by atoms with E-state index >= 15 is 0 Å².